The average Bonchev–Trinajstić information content (AvgIpc) is 2.77. The fourth-order valence-corrected chi connectivity index (χ4v) is 3.27. The van der Waals surface area contributed by atoms with Gasteiger partial charge in [0.05, 0.1) is 19.8 Å². The van der Waals surface area contributed by atoms with Gasteiger partial charge in [-0.15, -0.1) is 11.3 Å². The van der Waals surface area contributed by atoms with Crippen molar-refractivity contribution in [2.24, 2.45) is 0 Å². The number of benzene rings is 1. The summed E-state index contributed by atoms with van der Waals surface area (Å²) in [5.74, 6) is 0. The van der Waals surface area contributed by atoms with E-state index >= 15 is 0 Å². The van der Waals surface area contributed by atoms with E-state index in [0.717, 1.165) is 13.2 Å². The molecule has 0 aliphatic heterocycles. The van der Waals surface area contributed by atoms with Gasteiger partial charge in [0.1, 0.15) is 0 Å². The zero-order valence-corrected chi connectivity index (χ0v) is 12.4. The van der Waals surface area contributed by atoms with Crippen molar-refractivity contribution in [3.8, 4) is 0 Å². The lowest BCUT2D eigenvalue weighted by Crippen LogP contribution is -2.08. The second kappa shape index (κ2) is 7.60. The summed E-state index contributed by atoms with van der Waals surface area (Å²) in [6.45, 7) is 5.61. The molecule has 104 valence electrons. The second-order valence-electron chi connectivity index (χ2n) is 4.28. The number of hydrogen-bond acceptors (Lipinski definition) is 4. The molecule has 0 saturated carbocycles. The van der Waals surface area contributed by atoms with Crippen molar-refractivity contribution in [2.75, 3.05) is 26.9 Å². The van der Waals surface area contributed by atoms with Crippen LogP contribution in [0.1, 0.15) is 17.4 Å². The zero-order chi connectivity index (χ0) is 13.5. The van der Waals surface area contributed by atoms with Gasteiger partial charge in [0, 0.05) is 28.3 Å². The smallest absolute Gasteiger partial charge is 0.0735 e. The highest BCUT2D eigenvalue weighted by Gasteiger charge is 2.11. The molecule has 0 amide bonds. The Morgan fingerprint density at radius 1 is 1.16 bits per heavy atom. The van der Waals surface area contributed by atoms with Crippen molar-refractivity contribution in [1.29, 1.82) is 0 Å². The molecule has 2 rings (SSSR count). The third kappa shape index (κ3) is 3.76. The molecule has 1 aromatic heterocycles. The highest BCUT2D eigenvalue weighted by Crippen LogP contribution is 2.31. The molecule has 4 heteroatoms. The van der Waals surface area contributed by atoms with Crippen LogP contribution in [-0.4, -0.2) is 26.9 Å². The van der Waals surface area contributed by atoms with Gasteiger partial charge in [-0.3, -0.25) is 0 Å². The van der Waals surface area contributed by atoms with Gasteiger partial charge >= 0.3 is 0 Å². The molecule has 0 aliphatic carbocycles. The largest absolute Gasteiger partial charge is 0.379 e. The molecule has 0 spiro atoms. The van der Waals surface area contributed by atoms with E-state index in [1.165, 1.54) is 20.5 Å². The second-order valence-corrected chi connectivity index (χ2v) is 5.42. The predicted molar refractivity (Wildman–Crippen MR) is 80.7 cm³/mol. The third-order valence-corrected chi connectivity index (χ3v) is 4.15. The van der Waals surface area contributed by atoms with Crippen molar-refractivity contribution in [2.45, 2.75) is 20.1 Å². The van der Waals surface area contributed by atoms with E-state index in [1.807, 2.05) is 25.3 Å². The molecule has 1 N–H and O–H groups in total. The topological polar surface area (TPSA) is 30.5 Å². The summed E-state index contributed by atoms with van der Waals surface area (Å²) in [6, 6.07) is 8.51. The van der Waals surface area contributed by atoms with Crippen molar-refractivity contribution in [3.05, 3.63) is 34.7 Å². The molecule has 3 nitrogen and oxygen atoms in total. The van der Waals surface area contributed by atoms with Crippen LogP contribution in [0.2, 0.25) is 0 Å². The molecule has 1 aromatic carbocycles. The summed E-state index contributed by atoms with van der Waals surface area (Å²) in [5, 5.41) is 4.54. The Balaban J connectivity index is 2.08. The van der Waals surface area contributed by atoms with Crippen molar-refractivity contribution >= 4 is 21.4 Å². The van der Waals surface area contributed by atoms with Crippen molar-refractivity contribution < 1.29 is 9.47 Å². The standard InChI is InChI=1S/C15H21NO2S/c1-3-17-8-9-18-11-13-12-6-4-5-7-14(12)19-15(13)10-16-2/h4-7,16H,3,8-11H2,1-2H3. The quantitative estimate of drug-likeness (QED) is 0.753. The Bertz CT molecular complexity index is 510. The maximum atomic E-state index is 5.73. The highest BCUT2D eigenvalue weighted by molar-refractivity contribution is 7.19. The SMILES string of the molecule is CCOCCOCc1c(CNC)sc2ccccc12. The Hall–Kier alpha value is -0.940. The van der Waals surface area contributed by atoms with E-state index in [-0.39, 0.29) is 0 Å². The first kappa shape index (κ1) is 14.5. The lowest BCUT2D eigenvalue weighted by Gasteiger charge is -2.06. The zero-order valence-electron chi connectivity index (χ0n) is 11.6. The number of nitrogens with one attached hydrogen (secondary N) is 1. The molecule has 19 heavy (non-hydrogen) atoms. The van der Waals surface area contributed by atoms with E-state index < -0.39 is 0 Å². The number of hydrogen-bond donors (Lipinski definition) is 1. The van der Waals surface area contributed by atoms with Crippen LogP contribution in [-0.2, 0) is 22.6 Å². The Labute approximate surface area is 118 Å². The molecule has 0 bridgehead atoms. The maximum Gasteiger partial charge on any atom is 0.0735 e. The van der Waals surface area contributed by atoms with Crippen LogP contribution < -0.4 is 5.32 Å². The number of rotatable bonds is 8. The van der Waals surface area contributed by atoms with Crippen LogP contribution in [0, 0.1) is 0 Å². The third-order valence-electron chi connectivity index (χ3n) is 2.94. The lowest BCUT2D eigenvalue weighted by molar-refractivity contribution is 0.0455. The fourth-order valence-electron chi connectivity index (χ4n) is 2.05. The maximum absolute atomic E-state index is 5.73. The summed E-state index contributed by atoms with van der Waals surface area (Å²) < 4.78 is 12.3. The van der Waals surface area contributed by atoms with Gasteiger partial charge < -0.3 is 14.8 Å². The minimum absolute atomic E-state index is 0.650. The van der Waals surface area contributed by atoms with Gasteiger partial charge in [0.15, 0.2) is 0 Å². The number of thiophene rings is 1. The van der Waals surface area contributed by atoms with E-state index in [0.29, 0.717) is 19.8 Å². The monoisotopic (exact) mass is 279 g/mol. The van der Waals surface area contributed by atoms with Gasteiger partial charge in [-0.2, -0.15) is 0 Å². The van der Waals surface area contributed by atoms with Crippen LogP contribution in [0.3, 0.4) is 0 Å². The Kier molecular flexibility index (Phi) is 5.79. The molecular weight excluding hydrogens is 258 g/mol. The molecule has 1 heterocycles. The first-order valence-corrected chi connectivity index (χ1v) is 7.47. The highest BCUT2D eigenvalue weighted by atomic mass is 32.1. The Morgan fingerprint density at radius 3 is 2.74 bits per heavy atom. The first-order valence-electron chi connectivity index (χ1n) is 6.66. The normalized spacial score (nSPS) is 11.3. The first-order chi connectivity index (χ1) is 9.36. The molecule has 0 atom stereocenters. The van der Waals surface area contributed by atoms with Gasteiger partial charge in [0.25, 0.3) is 0 Å². The van der Waals surface area contributed by atoms with Crippen LogP contribution in [0.4, 0.5) is 0 Å². The van der Waals surface area contributed by atoms with Gasteiger partial charge in [-0.05, 0) is 25.4 Å². The number of fused-ring (bicyclic) bond motifs is 1. The molecule has 0 saturated heterocycles. The van der Waals surface area contributed by atoms with E-state index in [1.54, 1.807) is 0 Å². The fraction of sp³-hybridized carbons (Fsp3) is 0.467. The van der Waals surface area contributed by atoms with E-state index in [9.17, 15) is 0 Å². The van der Waals surface area contributed by atoms with Crippen molar-refractivity contribution in [1.82, 2.24) is 5.32 Å². The van der Waals surface area contributed by atoms with Crippen LogP contribution in [0.5, 0.6) is 0 Å². The molecule has 0 unspecified atom stereocenters. The molecule has 0 fully saturated rings. The van der Waals surface area contributed by atoms with Crippen molar-refractivity contribution in [3.63, 3.8) is 0 Å². The van der Waals surface area contributed by atoms with Crippen LogP contribution >= 0.6 is 11.3 Å². The molecule has 2 aromatic rings. The lowest BCUT2D eigenvalue weighted by atomic mass is 10.1. The van der Waals surface area contributed by atoms with Gasteiger partial charge in [-0.1, -0.05) is 18.2 Å². The summed E-state index contributed by atoms with van der Waals surface area (Å²) >= 11 is 1.84. The molecular formula is C15H21NO2S. The van der Waals surface area contributed by atoms with E-state index in [2.05, 4.69) is 29.6 Å². The summed E-state index contributed by atoms with van der Waals surface area (Å²) in [7, 11) is 1.98. The minimum Gasteiger partial charge on any atom is -0.379 e. The molecule has 0 aliphatic rings. The summed E-state index contributed by atoms with van der Waals surface area (Å²) in [4.78, 5) is 1.36. The van der Waals surface area contributed by atoms with Gasteiger partial charge in [0.2, 0.25) is 0 Å². The minimum atomic E-state index is 0.650. The Morgan fingerprint density at radius 2 is 1.95 bits per heavy atom. The molecule has 0 radical (unpaired) electrons. The predicted octanol–water partition coefficient (Wildman–Crippen LogP) is 3.17. The number of ether oxygens (including phenoxy) is 2. The van der Waals surface area contributed by atoms with E-state index in [4.69, 9.17) is 9.47 Å². The summed E-state index contributed by atoms with van der Waals surface area (Å²) in [6.07, 6.45) is 0. The van der Waals surface area contributed by atoms with Gasteiger partial charge in [-0.25, -0.2) is 0 Å². The summed E-state index contributed by atoms with van der Waals surface area (Å²) in [5.41, 5.74) is 1.31. The van der Waals surface area contributed by atoms with Crippen LogP contribution in [0.15, 0.2) is 24.3 Å². The van der Waals surface area contributed by atoms with Crippen LogP contribution in [0.25, 0.3) is 10.1 Å². The average molecular weight is 279 g/mol.